The number of hydrogen-bond acceptors (Lipinski definition) is 4. The smallest absolute Gasteiger partial charge is 0.187 e. The average molecular weight is 288 g/mol. The monoisotopic (exact) mass is 288 g/mol. The van der Waals surface area contributed by atoms with Crippen molar-refractivity contribution in [3.05, 3.63) is 53.7 Å². The molecule has 0 aliphatic rings. The van der Waals surface area contributed by atoms with Crippen LogP contribution >= 0.6 is 0 Å². The zero-order valence-corrected chi connectivity index (χ0v) is 12.3. The Morgan fingerprint density at radius 1 is 1.19 bits per heavy atom. The van der Waals surface area contributed by atoms with Crippen LogP contribution in [0.15, 0.2) is 36.7 Å². The highest BCUT2D eigenvalue weighted by molar-refractivity contribution is 5.42. The highest BCUT2D eigenvalue weighted by Gasteiger charge is 2.16. The van der Waals surface area contributed by atoms with Crippen molar-refractivity contribution in [3.63, 3.8) is 0 Å². The standard InChI is InChI=1S/C16H21FN4/c1-2-14-15(17)16(20-12-19-14)21(10-6-9-18)11-13-7-4-3-5-8-13/h3-5,7-8,12H,2,6,9-11,18H2,1H3. The van der Waals surface area contributed by atoms with Gasteiger partial charge in [-0.15, -0.1) is 0 Å². The lowest BCUT2D eigenvalue weighted by molar-refractivity contribution is 0.579. The summed E-state index contributed by atoms with van der Waals surface area (Å²) < 4.78 is 14.5. The van der Waals surface area contributed by atoms with E-state index in [4.69, 9.17) is 5.73 Å². The molecule has 5 heteroatoms. The Kier molecular flexibility index (Phi) is 5.63. The predicted octanol–water partition coefficient (Wildman–Crippen LogP) is 2.53. The van der Waals surface area contributed by atoms with Gasteiger partial charge in [-0.2, -0.15) is 0 Å². The number of aromatic nitrogens is 2. The van der Waals surface area contributed by atoms with E-state index in [1.807, 2.05) is 42.2 Å². The third-order valence-electron chi connectivity index (χ3n) is 3.33. The van der Waals surface area contributed by atoms with E-state index in [-0.39, 0.29) is 5.82 Å². The number of aryl methyl sites for hydroxylation is 1. The maximum Gasteiger partial charge on any atom is 0.187 e. The van der Waals surface area contributed by atoms with Crippen LogP contribution in [-0.2, 0) is 13.0 Å². The number of benzene rings is 1. The normalized spacial score (nSPS) is 10.6. The molecule has 0 radical (unpaired) electrons. The Hall–Kier alpha value is -2.01. The fourth-order valence-corrected chi connectivity index (χ4v) is 2.21. The number of anilines is 1. The predicted molar refractivity (Wildman–Crippen MR) is 82.5 cm³/mol. The fraction of sp³-hybridized carbons (Fsp3) is 0.375. The first-order valence-electron chi connectivity index (χ1n) is 7.24. The zero-order valence-electron chi connectivity index (χ0n) is 12.3. The Bertz CT molecular complexity index is 559. The van der Waals surface area contributed by atoms with Gasteiger partial charge in [-0.3, -0.25) is 0 Å². The lowest BCUT2D eigenvalue weighted by Gasteiger charge is -2.24. The third kappa shape index (κ3) is 3.98. The van der Waals surface area contributed by atoms with Gasteiger partial charge >= 0.3 is 0 Å². The molecule has 0 spiro atoms. The van der Waals surface area contributed by atoms with E-state index >= 15 is 0 Å². The van der Waals surface area contributed by atoms with Gasteiger partial charge in [0.1, 0.15) is 6.33 Å². The van der Waals surface area contributed by atoms with E-state index in [9.17, 15) is 4.39 Å². The molecule has 0 atom stereocenters. The maximum absolute atomic E-state index is 14.5. The molecule has 2 rings (SSSR count). The van der Waals surface area contributed by atoms with Crippen molar-refractivity contribution in [2.75, 3.05) is 18.0 Å². The summed E-state index contributed by atoms with van der Waals surface area (Å²) in [4.78, 5) is 10.1. The van der Waals surface area contributed by atoms with Crippen molar-refractivity contribution in [2.45, 2.75) is 26.3 Å². The van der Waals surface area contributed by atoms with Gasteiger partial charge in [0.2, 0.25) is 0 Å². The summed E-state index contributed by atoms with van der Waals surface area (Å²) in [5.41, 5.74) is 7.16. The summed E-state index contributed by atoms with van der Waals surface area (Å²) >= 11 is 0. The molecule has 2 N–H and O–H groups in total. The van der Waals surface area contributed by atoms with Crippen LogP contribution in [0.25, 0.3) is 0 Å². The largest absolute Gasteiger partial charge is 0.350 e. The highest BCUT2D eigenvalue weighted by Crippen LogP contribution is 2.20. The van der Waals surface area contributed by atoms with Gasteiger partial charge in [0.25, 0.3) is 0 Å². The lowest BCUT2D eigenvalue weighted by Crippen LogP contribution is -2.28. The number of rotatable bonds is 7. The van der Waals surface area contributed by atoms with Crippen LogP contribution in [0.3, 0.4) is 0 Å². The summed E-state index contributed by atoms with van der Waals surface area (Å²) in [5, 5.41) is 0. The third-order valence-corrected chi connectivity index (χ3v) is 3.33. The summed E-state index contributed by atoms with van der Waals surface area (Å²) in [6.07, 6.45) is 2.77. The van der Waals surface area contributed by atoms with Crippen LogP contribution in [0, 0.1) is 5.82 Å². The highest BCUT2D eigenvalue weighted by atomic mass is 19.1. The van der Waals surface area contributed by atoms with Crippen molar-refractivity contribution in [3.8, 4) is 0 Å². The molecule has 112 valence electrons. The molecule has 1 heterocycles. The molecule has 0 saturated carbocycles. The molecule has 1 aromatic heterocycles. The van der Waals surface area contributed by atoms with Crippen LogP contribution in [0.1, 0.15) is 24.6 Å². The number of hydrogen-bond donors (Lipinski definition) is 1. The number of nitrogens with two attached hydrogens (primary N) is 1. The van der Waals surface area contributed by atoms with Gasteiger partial charge in [-0.05, 0) is 24.9 Å². The SMILES string of the molecule is CCc1ncnc(N(CCCN)Cc2ccccc2)c1F. The Morgan fingerprint density at radius 2 is 1.95 bits per heavy atom. The van der Waals surface area contributed by atoms with E-state index in [2.05, 4.69) is 9.97 Å². The first-order chi connectivity index (χ1) is 10.3. The Balaban J connectivity index is 2.27. The Morgan fingerprint density at radius 3 is 2.62 bits per heavy atom. The molecule has 0 fully saturated rings. The molecular weight excluding hydrogens is 267 g/mol. The molecule has 0 aliphatic heterocycles. The zero-order chi connectivity index (χ0) is 15.1. The van der Waals surface area contributed by atoms with Crippen LogP contribution in [0.5, 0.6) is 0 Å². The lowest BCUT2D eigenvalue weighted by atomic mass is 10.2. The molecule has 0 bridgehead atoms. The minimum atomic E-state index is -0.326. The second kappa shape index (κ2) is 7.69. The summed E-state index contributed by atoms with van der Waals surface area (Å²) in [7, 11) is 0. The van der Waals surface area contributed by atoms with Crippen molar-refractivity contribution in [1.29, 1.82) is 0 Å². The molecule has 21 heavy (non-hydrogen) atoms. The van der Waals surface area contributed by atoms with E-state index in [0.29, 0.717) is 37.6 Å². The molecule has 0 aliphatic carbocycles. The van der Waals surface area contributed by atoms with Gasteiger partial charge in [0, 0.05) is 13.1 Å². The number of halogens is 1. The van der Waals surface area contributed by atoms with Crippen molar-refractivity contribution >= 4 is 5.82 Å². The van der Waals surface area contributed by atoms with Crippen molar-refractivity contribution in [1.82, 2.24) is 9.97 Å². The quantitative estimate of drug-likeness (QED) is 0.850. The Labute approximate surface area is 124 Å². The molecule has 4 nitrogen and oxygen atoms in total. The second-order valence-corrected chi connectivity index (χ2v) is 4.86. The van der Waals surface area contributed by atoms with E-state index < -0.39 is 0 Å². The minimum absolute atomic E-state index is 0.326. The summed E-state index contributed by atoms with van der Waals surface area (Å²) in [5.74, 6) is 0.0344. The van der Waals surface area contributed by atoms with Crippen molar-refractivity contribution < 1.29 is 4.39 Å². The van der Waals surface area contributed by atoms with Crippen LogP contribution in [0.2, 0.25) is 0 Å². The van der Waals surface area contributed by atoms with E-state index in [1.165, 1.54) is 6.33 Å². The first-order valence-corrected chi connectivity index (χ1v) is 7.24. The topological polar surface area (TPSA) is 55.0 Å². The van der Waals surface area contributed by atoms with Gasteiger partial charge in [-0.1, -0.05) is 37.3 Å². The molecule has 2 aromatic rings. The van der Waals surface area contributed by atoms with Crippen LogP contribution in [-0.4, -0.2) is 23.1 Å². The van der Waals surface area contributed by atoms with Crippen LogP contribution < -0.4 is 10.6 Å². The minimum Gasteiger partial charge on any atom is -0.350 e. The first kappa shape index (κ1) is 15.4. The van der Waals surface area contributed by atoms with Crippen LogP contribution in [0.4, 0.5) is 10.2 Å². The van der Waals surface area contributed by atoms with E-state index in [0.717, 1.165) is 12.0 Å². The van der Waals surface area contributed by atoms with Crippen molar-refractivity contribution in [2.24, 2.45) is 5.73 Å². The summed E-state index contributed by atoms with van der Waals surface area (Å²) in [6, 6.07) is 9.97. The molecular formula is C16H21FN4. The molecule has 0 unspecified atom stereocenters. The second-order valence-electron chi connectivity index (χ2n) is 4.86. The van der Waals surface area contributed by atoms with Gasteiger partial charge < -0.3 is 10.6 Å². The van der Waals surface area contributed by atoms with Gasteiger partial charge in [0.15, 0.2) is 11.6 Å². The van der Waals surface area contributed by atoms with Gasteiger partial charge in [0.05, 0.1) is 5.69 Å². The number of nitrogens with zero attached hydrogens (tertiary/aromatic N) is 3. The maximum atomic E-state index is 14.5. The molecule has 0 saturated heterocycles. The fourth-order valence-electron chi connectivity index (χ4n) is 2.21. The average Bonchev–Trinajstić information content (AvgIpc) is 2.53. The summed E-state index contributed by atoms with van der Waals surface area (Å²) in [6.45, 7) is 3.73. The molecule has 1 aromatic carbocycles. The molecule has 0 amide bonds. The van der Waals surface area contributed by atoms with Gasteiger partial charge in [-0.25, -0.2) is 14.4 Å². The van der Waals surface area contributed by atoms with E-state index in [1.54, 1.807) is 0 Å².